The van der Waals surface area contributed by atoms with E-state index in [0.29, 0.717) is 6.42 Å². The lowest BCUT2D eigenvalue weighted by Crippen LogP contribution is -2.59. The van der Waals surface area contributed by atoms with Crippen molar-refractivity contribution in [1.29, 1.82) is 0 Å². The third-order valence-electron chi connectivity index (χ3n) is 10.7. The van der Waals surface area contributed by atoms with Crippen molar-refractivity contribution in [2.45, 2.75) is 237 Å². The van der Waals surface area contributed by atoms with Crippen LogP contribution in [0.2, 0.25) is 0 Å². The number of allylic oxidation sites excluding steroid dienone is 6. The maximum absolute atomic E-state index is 12.8. The smallest absolute Gasteiger partial charge is 0.306 e. The van der Waals surface area contributed by atoms with E-state index in [0.717, 1.165) is 70.6 Å². The van der Waals surface area contributed by atoms with E-state index in [9.17, 15) is 30.0 Å². The maximum Gasteiger partial charge on any atom is 0.306 e. The Morgan fingerprint density at radius 2 is 0.966 bits per heavy atom. The fourth-order valence-corrected chi connectivity index (χ4v) is 6.98. The Morgan fingerprint density at radius 1 is 0.534 bits per heavy atom. The zero-order valence-electron chi connectivity index (χ0n) is 36.8. The summed E-state index contributed by atoms with van der Waals surface area (Å²) in [5, 5.41) is 40.1. The number of carbonyl (C=O) groups excluding carboxylic acids is 2. The number of ether oxygens (including phenoxy) is 4. The second-order valence-corrected chi connectivity index (χ2v) is 16.2. The van der Waals surface area contributed by atoms with Crippen molar-refractivity contribution < 1.29 is 49.0 Å². The van der Waals surface area contributed by atoms with Crippen LogP contribution < -0.4 is 0 Å². The van der Waals surface area contributed by atoms with Gasteiger partial charge in [0.25, 0.3) is 0 Å². The molecule has 0 aromatic rings. The Bertz CT molecular complexity index is 1040. The first kappa shape index (κ1) is 53.9. The van der Waals surface area contributed by atoms with Crippen LogP contribution in [0.4, 0.5) is 0 Å². The van der Waals surface area contributed by atoms with Crippen LogP contribution in [0.3, 0.4) is 0 Å². The Morgan fingerprint density at radius 3 is 1.47 bits per heavy atom. The fraction of sp³-hybridized carbons (Fsp3) is 0.833. The van der Waals surface area contributed by atoms with Crippen molar-refractivity contribution >= 4 is 11.9 Å². The first-order valence-electron chi connectivity index (χ1n) is 23.6. The van der Waals surface area contributed by atoms with Gasteiger partial charge in [0.1, 0.15) is 31.0 Å². The summed E-state index contributed by atoms with van der Waals surface area (Å²) in [6, 6.07) is 0. The largest absolute Gasteiger partial charge is 0.462 e. The monoisotopic (exact) mass is 823 g/mol. The molecule has 0 aromatic heterocycles. The van der Waals surface area contributed by atoms with Gasteiger partial charge in [0.2, 0.25) is 0 Å². The summed E-state index contributed by atoms with van der Waals surface area (Å²) in [6.07, 6.45) is 37.1. The van der Waals surface area contributed by atoms with Gasteiger partial charge in [0.15, 0.2) is 12.4 Å². The summed E-state index contributed by atoms with van der Waals surface area (Å²) in [4.78, 5) is 25.4. The van der Waals surface area contributed by atoms with Gasteiger partial charge in [-0.1, -0.05) is 153 Å². The molecule has 6 atom stereocenters. The van der Waals surface area contributed by atoms with Crippen molar-refractivity contribution in [2.24, 2.45) is 0 Å². The number of hydrogen-bond acceptors (Lipinski definition) is 10. The predicted molar refractivity (Wildman–Crippen MR) is 233 cm³/mol. The summed E-state index contributed by atoms with van der Waals surface area (Å²) in [5.41, 5.74) is 0. The van der Waals surface area contributed by atoms with Gasteiger partial charge in [-0.05, 0) is 70.6 Å². The molecular weight excluding hydrogens is 737 g/mol. The van der Waals surface area contributed by atoms with Crippen LogP contribution >= 0.6 is 0 Å². The minimum Gasteiger partial charge on any atom is -0.462 e. The lowest BCUT2D eigenvalue weighted by Gasteiger charge is -2.39. The minimum absolute atomic E-state index is 0.213. The van der Waals surface area contributed by atoms with E-state index in [1.54, 1.807) is 0 Å². The van der Waals surface area contributed by atoms with Gasteiger partial charge >= 0.3 is 11.9 Å². The van der Waals surface area contributed by atoms with Crippen LogP contribution in [0.15, 0.2) is 36.5 Å². The van der Waals surface area contributed by atoms with Gasteiger partial charge in [0, 0.05) is 12.8 Å². The van der Waals surface area contributed by atoms with E-state index in [1.165, 1.54) is 96.3 Å². The molecule has 1 saturated heterocycles. The number of hydrogen-bond donors (Lipinski definition) is 4. The van der Waals surface area contributed by atoms with Crippen LogP contribution in [0, 0.1) is 0 Å². The standard InChI is InChI=1S/C48H86O10/c1-3-5-7-9-11-13-15-17-19-21-23-24-26-28-30-32-34-36-43(50)55-39-41(40-56-48-47(54)46(53)45(52)42(38-49)58-48)57-44(51)37-35-33-31-29-27-25-22-20-18-16-14-12-10-8-6-4-2/h14,16-17,19-20,22,41-42,45-49,52-54H,3-13,15,18,21,23-40H2,1-2H3/b16-14-,19-17-,22-20-. The lowest BCUT2D eigenvalue weighted by atomic mass is 9.99. The van der Waals surface area contributed by atoms with Crippen molar-refractivity contribution in [3.05, 3.63) is 36.5 Å². The molecule has 4 N–H and O–H groups in total. The molecular formula is C48H86O10. The maximum atomic E-state index is 12.8. The second kappa shape index (κ2) is 39.1. The minimum atomic E-state index is -1.60. The van der Waals surface area contributed by atoms with Gasteiger partial charge in [-0.15, -0.1) is 0 Å². The molecule has 1 fully saturated rings. The molecule has 0 spiro atoms. The number of aliphatic hydroxyl groups is 4. The first-order chi connectivity index (χ1) is 28.3. The third kappa shape index (κ3) is 30.0. The van der Waals surface area contributed by atoms with Crippen molar-refractivity contribution in [2.75, 3.05) is 19.8 Å². The summed E-state index contributed by atoms with van der Waals surface area (Å²) in [6.45, 7) is 3.39. The Hall–Kier alpha value is -2.08. The van der Waals surface area contributed by atoms with Gasteiger partial charge in [-0.2, -0.15) is 0 Å². The fourth-order valence-electron chi connectivity index (χ4n) is 6.98. The number of unbranched alkanes of at least 4 members (excludes halogenated alkanes) is 22. The zero-order valence-corrected chi connectivity index (χ0v) is 36.8. The van der Waals surface area contributed by atoms with E-state index < -0.39 is 49.4 Å². The zero-order chi connectivity index (χ0) is 42.3. The topological polar surface area (TPSA) is 152 Å². The highest BCUT2D eigenvalue weighted by Crippen LogP contribution is 2.23. The second-order valence-electron chi connectivity index (χ2n) is 16.2. The Balaban J connectivity index is 2.32. The summed E-state index contributed by atoms with van der Waals surface area (Å²) < 4.78 is 22.2. The van der Waals surface area contributed by atoms with Crippen molar-refractivity contribution in [3.63, 3.8) is 0 Å². The molecule has 1 aliphatic heterocycles. The molecule has 0 radical (unpaired) electrons. The van der Waals surface area contributed by atoms with Crippen LogP contribution in [-0.2, 0) is 28.5 Å². The molecule has 0 aliphatic carbocycles. The Kier molecular flexibility index (Phi) is 36.3. The quantitative estimate of drug-likeness (QED) is 0.0268. The average molecular weight is 823 g/mol. The molecule has 1 rings (SSSR count). The van der Waals surface area contributed by atoms with Gasteiger partial charge < -0.3 is 39.4 Å². The van der Waals surface area contributed by atoms with E-state index >= 15 is 0 Å². The van der Waals surface area contributed by atoms with E-state index in [2.05, 4.69) is 50.3 Å². The van der Waals surface area contributed by atoms with Crippen molar-refractivity contribution in [3.8, 4) is 0 Å². The first-order valence-corrected chi connectivity index (χ1v) is 23.6. The summed E-state index contributed by atoms with van der Waals surface area (Å²) in [7, 11) is 0. The lowest BCUT2D eigenvalue weighted by molar-refractivity contribution is -0.305. The van der Waals surface area contributed by atoms with Crippen LogP contribution in [-0.4, -0.2) is 89.0 Å². The molecule has 0 aromatic carbocycles. The number of rotatable bonds is 39. The third-order valence-corrected chi connectivity index (χ3v) is 10.7. The number of aliphatic hydroxyl groups excluding tert-OH is 4. The highest BCUT2D eigenvalue weighted by atomic mass is 16.7. The van der Waals surface area contributed by atoms with E-state index in [1.807, 2.05) is 0 Å². The highest BCUT2D eigenvalue weighted by Gasteiger charge is 2.44. The average Bonchev–Trinajstić information content (AvgIpc) is 3.22. The van der Waals surface area contributed by atoms with Crippen molar-refractivity contribution in [1.82, 2.24) is 0 Å². The molecule has 338 valence electrons. The molecule has 0 bridgehead atoms. The number of esters is 2. The molecule has 1 aliphatic rings. The van der Waals surface area contributed by atoms with Crippen LogP contribution in [0.25, 0.3) is 0 Å². The molecule has 6 unspecified atom stereocenters. The molecule has 0 amide bonds. The molecule has 10 heteroatoms. The van der Waals surface area contributed by atoms with Gasteiger partial charge in [-0.3, -0.25) is 9.59 Å². The van der Waals surface area contributed by atoms with Gasteiger partial charge in [-0.25, -0.2) is 0 Å². The number of carbonyl (C=O) groups is 2. The molecule has 1 heterocycles. The van der Waals surface area contributed by atoms with Gasteiger partial charge in [0.05, 0.1) is 13.2 Å². The van der Waals surface area contributed by atoms with E-state index in [-0.39, 0.29) is 32.0 Å². The predicted octanol–water partition coefficient (Wildman–Crippen LogP) is 10.3. The Labute approximate surface area is 353 Å². The molecule has 58 heavy (non-hydrogen) atoms. The summed E-state index contributed by atoms with van der Waals surface area (Å²) in [5.74, 6) is -0.824. The van der Waals surface area contributed by atoms with Crippen LogP contribution in [0.5, 0.6) is 0 Å². The highest BCUT2D eigenvalue weighted by molar-refractivity contribution is 5.70. The SMILES string of the molecule is CCCCCC/C=C\C/C=C\CCCCCCCC(=O)OC(COC(=O)CCCCCCCCC/C=C\CCCCCCCC)COC1OC(CO)C(O)C(O)C1O. The molecule has 0 saturated carbocycles. The normalized spacial score (nSPS) is 20.4. The molecule has 10 nitrogen and oxygen atoms in total. The summed E-state index contributed by atoms with van der Waals surface area (Å²) >= 11 is 0. The van der Waals surface area contributed by atoms with Crippen LogP contribution in [0.1, 0.15) is 200 Å². The van der Waals surface area contributed by atoms with E-state index in [4.69, 9.17) is 18.9 Å².